The molecule has 0 aliphatic rings. The number of carbonyl (C=O) groups is 1. The molecule has 2 unspecified atom stereocenters. The summed E-state index contributed by atoms with van der Waals surface area (Å²) in [6.07, 6.45) is 3.98. The first-order chi connectivity index (χ1) is 6.61. The van der Waals surface area contributed by atoms with Crippen molar-refractivity contribution in [1.29, 1.82) is 0 Å². The summed E-state index contributed by atoms with van der Waals surface area (Å²) in [4.78, 5) is 11.6. The van der Waals surface area contributed by atoms with Crippen molar-refractivity contribution in [3.63, 3.8) is 0 Å². The molecule has 0 heterocycles. The van der Waals surface area contributed by atoms with E-state index in [2.05, 4.69) is 12.2 Å². The highest BCUT2D eigenvalue weighted by Crippen LogP contribution is 2.06. The lowest BCUT2D eigenvalue weighted by atomic mass is 10.0. The maximum Gasteiger partial charge on any atom is 0.223 e. The van der Waals surface area contributed by atoms with E-state index >= 15 is 0 Å². The Bertz CT molecular complexity index is 159. The van der Waals surface area contributed by atoms with Crippen LogP contribution in [0.1, 0.15) is 46.5 Å². The normalized spacial score (nSPS) is 14.9. The zero-order chi connectivity index (χ0) is 11.0. The maximum absolute atomic E-state index is 11.6. The predicted octanol–water partition coefficient (Wildman–Crippen LogP) is 1.67. The molecular weight excluding hydrogens is 176 g/mol. The molecule has 0 bridgehead atoms. The average Bonchev–Trinajstić information content (AvgIpc) is 2.15. The number of nitrogens with one attached hydrogen (secondary N) is 1. The van der Waals surface area contributed by atoms with Crippen LogP contribution in [0.15, 0.2) is 0 Å². The molecule has 0 saturated heterocycles. The van der Waals surface area contributed by atoms with Gasteiger partial charge in [0.05, 0.1) is 0 Å². The molecule has 0 aromatic carbocycles. The van der Waals surface area contributed by atoms with Crippen LogP contribution < -0.4 is 11.1 Å². The molecule has 3 heteroatoms. The molecule has 1 amide bonds. The fourth-order valence-electron chi connectivity index (χ4n) is 1.45. The lowest BCUT2D eigenvalue weighted by Crippen LogP contribution is -2.36. The molecule has 0 rings (SSSR count). The van der Waals surface area contributed by atoms with Crippen molar-refractivity contribution in [1.82, 2.24) is 5.32 Å². The van der Waals surface area contributed by atoms with Crippen LogP contribution in [0.3, 0.4) is 0 Å². The van der Waals surface area contributed by atoms with Gasteiger partial charge in [-0.3, -0.25) is 4.79 Å². The van der Waals surface area contributed by atoms with Crippen molar-refractivity contribution >= 4 is 5.91 Å². The lowest BCUT2D eigenvalue weighted by Gasteiger charge is -2.16. The lowest BCUT2D eigenvalue weighted by molar-refractivity contribution is -0.125. The van der Waals surface area contributed by atoms with E-state index in [4.69, 9.17) is 5.73 Å². The zero-order valence-corrected chi connectivity index (χ0v) is 9.68. The highest BCUT2D eigenvalue weighted by Gasteiger charge is 2.13. The number of hydrogen-bond donors (Lipinski definition) is 2. The minimum atomic E-state index is 0.139. The Morgan fingerprint density at radius 2 is 2.00 bits per heavy atom. The zero-order valence-electron chi connectivity index (χ0n) is 9.68. The summed E-state index contributed by atoms with van der Waals surface area (Å²) in [6.45, 7) is 6.81. The molecule has 0 aliphatic carbocycles. The summed E-state index contributed by atoms with van der Waals surface area (Å²) >= 11 is 0. The van der Waals surface area contributed by atoms with Crippen molar-refractivity contribution in [3.05, 3.63) is 0 Å². The van der Waals surface area contributed by atoms with E-state index in [0.29, 0.717) is 6.54 Å². The summed E-state index contributed by atoms with van der Waals surface area (Å²) in [5.41, 5.74) is 5.40. The largest absolute Gasteiger partial charge is 0.353 e. The van der Waals surface area contributed by atoms with Crippen molar-refractivity contribution in [2.24, 2.45) is 11.7 Å². The van der Waals surface area contributed by atoms with Gasteiger partial charge in [-0.15, -0.1) is 0 Å². The van der Waals surface area contributed by atoms with E-state index in [1.165, 1.54) is 0 Å². The van der Waals surface area contributed by atoms with Crippen molar-refractivity contribution in [2.45, 2.75) is 52.5 Å². The SMILES string of the molecule is CCCC(C)C(=O)NC(C)CCCN. The summed E-state index contributed by atoms with van der Waals surface area (Å²) in [5.74, 6) is 0.316. The molecule has 3 nitrogen and oxygen atoms in total. The number of carbonyl (C=O) groups excluding carboxylic acids is 1. The average molecular weight is 200 g/mol. The molecule has 0 aromatic heterocycles. The Morgan fingerprint density at radius 3 is 2.50 bits per heavy atom. The Hall–Kier alpha value is -0.570. The second-order valence-electron chi connectivity index (χ2n) is 4.03. The minimum absolute atomic E-state index is 0.139. The van der Waals surface area contributed by atoms with Crippen molar-refractivity contribution < 1.29 is 4.79 Å². The van der Waals surface area contributed by atoms with Gasteiger partial charge in [0, 0.05) is 12.0 Å². The summed E-state index contributed by atoms with van der Waals surface area (Å²) < 4.78 is 0. The standard InChI is InChI=1S/C11H24N2O/c1-4-6-9(2)11(14)13-10(3)7-5-8-12/h9-10H,4-8,12H2,1-3H3,(H,13,14). The molecule has 0 aliphatic heterocycles. The van der Waals surface area contributed by atoms with Crippen LogP contribution >= 0.6 is 0 Å². The number of amides is 1. The second kappa shape index (κ2) is 7.80. The van der Waals surface area contributed by atoms with Gasteiger partial charge in [0.15, 0.2) is 0 Å². The van der Waals surface area contributed by atoms with E-state index in [1.54, 1.807) is 0 Å². The Balaban J connectivity index is 3.69. The first-order valence-corrected chi connectivity index (χ1v) is 5.62. The van der Waals surface area contributed by atoms with Crippen LogP contribution in [0.2, 0.25) is 0 Å². The molecule has 14 heavy (non-hydrogen) atoms. The minimum Gasteiger partial charge on any atom is -0.353 e. The van der Waals surface area contributed by atoms with Crippen molar-refractivity contribution in [2.75, 3.05) is 6.54 Å². The molecular formula is C11H24N2O. The molecule has 0 radical (unpaired) electrons. The fraction of sp³-hybridized carbons (Fsp3) is 0.909. The van der Waals surface area contributed by atoms with E-state index < -0.39 is 0 Å². The van der Waals surface area contributed by atoms with Crippen LogP contribution in [-0.4, -0.2) is 18.5 Å². The highest BCUT2D eigenvalue weighted by molar-refractivity contribution is 5.78. The molecule has 0 fully saturated rings. The third-order valence-electron chi connectivity index (χ3n) is 2.40. The fourth-order valence-corrected chi connectivity index (χ4v) is 1.45. The third kappa shape index (κ3) is 5.97. The van der Waals surface area contributed by atoms with Crippen LogP contribution in [0.25, 0.3) is 0 Å². The van der Waals surface area contributed by atoms with E-state index in [0.717, 1.165) is 25.7 Å². The molecule has 84 valence electrons. The van der Waals surface area contributed by atoms with Gasteiger partial charge in [-0.05, 0) is 32.7 Å². The number of nitrogens with two attached hydrogens (primary N) is 1. The number of hydrogen-bond acceptors (Lipinski definition) is 2. The maximum atomic E-state index is 11.6. The van der Waals surface area contributed by atoms with Crippen LogP contribution in [0.4, 0.5) is 0 Å². The van der Waals surface area contributed by atoms with Gasteiger partial charge in [-0.2, -0.15) is 0 Å². The van der Waals surface area contributed by atoms with Gasteiger partial charge in [0.25, 0.3) is 0 Å². The van der Waals surface area contributed by atoms with E-state index in [-0.39, 0.29) is 17.9 Å². The van der Waals surface area contributed by atoms with Gasteiger partial charge in [-0.1, -0.05) is 20.3 Å². The Morgan fingerprint density at radius 1 is 1.36 bits per heavy atom. The smallest absolute Gasteiger partial charge is 0.223 e. The van der Waals surface area contributed by atoms with E-state index in [1.807, 2.05) is 13.8 Å². The Labute approximate surface area is 87.4 Å². The summed E-state index contributed by atoms with van der Waals surface area (Å²) in [7, 11) is 0. The molecule has 0 aromatic rings. The summed E-state index contributed by atoms with van der Waals surface area (Å²) in [6, 6.07) is 0.255. The first-order valence-electron chi connectivity index (χ1n) is 5.62. The predicted molar refractivity (Wildman–Crippen MR) is 60.0 cm³/mol. The first kappa shape index (κ1) is 13.4. The van der Waals surface area contributed by atoms with Crippen LogP contribution in [0, 0.1) is 5.92 Å². The third-order valence-corrected chi connectivity index (χ3v) is 2.40. The highest BCUT2D eigenvalue weighted by atomic mass is 16.1. The molecule has 0 saturated carbocycles. The van der Waals surface area contributed by atoms with Gasteiger partial charge in [0.2, 0.25) is 5.91 Å². The van der Waals surface area contributed by atoms with Crippen LogP contribution in [0.5, 0.6) is 0 Å². The monoisotopic (exact) mass is 200 g/mol. The molecule has 0 spiro atoms. The van der Waals surface area contributed by atoms with Gasteiger partial charge in [0.1, 0.15) is 0 Å². The Kier molecular flexibility index (Phi) is 7.48. The van der Waals surface area contributed by atoms with Gasteiger partial charge in [-0.25, -0.2) is 0 Å². The summed E-state index contributed by atoms with van der Waals surface area (Å²) in [5, 5.41) is 3.00. The van der Waals surface area contributed by atoms with Crippen molar-refractivity contribution in [3.8, 4) is 0 Å². The van der Waals surface area contributed by atoms with E-state index in [9.17, 15) is 4.79 Å². The van der Waals surface area contributed by atoms with Crippen LogP contribution in [-0.2, 0) is 4.79 Å². The topological polar surface area (TPSA) is 55.1 Å². The second-order valence-corrected chi connectivity index (χ2v) is 4.03. The quantitative estimate of drug-likeness (QED) is 0.657. The van der Waals surface area contributed by atoms with Gasteiger partial charge < -0.3 is 11.1 Å². The molecule has 2 atom stereocenters. The van der Waals surface area contributed by atoms with Gasteiger partial charge >= 0.3 is 0 Å². The molecule has 3 N–H and O–H groups in total. The number of rotatable bonds is 7.